The topological polar surface area (TPSA) is 37.4 Å². The number of carbonyl (C=O) groups is 2. The fourth-order valence-corrected chi connectivity index (χ4v) is 4.23. The van der Waals surface area contributed by atoms with Crippen LogP contribution in [0.2, 0.25) is 10.0 Å². The van der Waals surface area contributed by atoms with Crippen LogP contribution in [-0.2, 0) is 9.59 Å². The Morgan fingerprint density at radius 1 is 1.00 bits per heavy atom. The van der Waals surface area contributed by atoms with Gasteiger partial charge in [0.25, 0.3) is 0 Å². The lowest BCUT2D eigenvalue weighted by molar-refractivity contribution is -0.119. The Kier molecular flexibility index (Phi) is 4.79. The highest BCUT2D eigenvalue weighted by Gasteiger charge is 2.40. The molecule has 138 valence electrons. The first kappa shape index (κ1) is 18.2. The molecule has 27 heavy (non-hydrogen) atoms. The number of ketones is 1. The SMILES string of the molecule is O=C1CCCC2=C1C(c1ccccc1F)CC(=O)N2c1ccc(Cl)c(Cl)c1. The fourth-order valence-electron chi connectivity index (χ4n) is 3.94. The Balaban J connectivity index is 1.88. The van der Waals surface area contributed by atoms with E-state index in [2.05, 4.69) is 0 Å². The average Bonchev–Trinajstić information content (AvgIpc) is 2.64. The number of allylic oxidation sites excluding steroid dienone is 2. The van der Waals surface area contributed by atoms with Gasteiger partial charge in [-0.15, -0.1) is 0 Å². The molecule has 0 N–H and O–H groups in total. The molecule has 1 aliphatic heterocycles. The molecule has 0 spiro atoms. The second kappa shape index (κ2) is 7.10. The monoisotopic (exact) mass is 403 g/mol. The van der Waals surface area contributed by atoms with Gasteiger partial charge in [-0.25, -0.2) is 4.39 Å². The van der Waals surface area contributed by atoms with Crippen LogP contribution in [0.5, 0.6) is 0 Å². The van der Waals surface area contributed by atoms with Gasteiger partial charge in [-0.05, 0) is 42.7 Å². The van der Waals surface area contributed by atoms with E-state index in [1.165, 1.54) is 6.07 Å². The van der Waals surface area contributed by atoms with Crippen molar-refractivity contribution in [2.75, 3.05) is 4.90 Å². The summed E-state index contributed by atoms with van der Waals surface area (Å²) in [6, 6.07) is 11.3. The molecular weight excluding hydrogens is 388 g/mol. The first-order chi connectivity index (χ1) is 13.0. The Labute approximate surface area is 166 Å². The van der Waals surface area contributed by atoms with Crippen LogP contribution in [0.25, 0.3) is 0 Å². The van der Waals surface area contributed by atoms with Crippen LogP contribution in [0.1, 0.15) is 37.2 Å². The highest BCUT2D eigenvalue weighted by Crippen LogP contribution is 2.44. The zero-order valence-corrected chi connectivity index (χ0v) is 15.9. The summed E-state index contributed by atoms with van der Waals surface area (Å²) >= 11 is 12.1. The van der Waals surface area contributed by atoms with Gasteiger partial charge in [-0.1, -0.05) is 41.4 Å². The number of hydrogen-bond donors (Lipinski definition) is 0. The van der Waals surface area contributed by atoms with E-state index >= 15 is 0 Å². The smallest absolute Gasteiger partial charge is 0.232 e. The van der Waals surface area contributed by atoms with Gasteiger partial charge < -0.3 is 0 Å². The molecule has 2 aromatic rings. The molecule has 0 aromatic heterocycles. The fraction of sp³-hybridized carbons (Fsp3) is 0.238. The first-order valence-corrected chi connectivity index (χ1v) is 9.51. The summed E-state index contributed by atoms with van der Waals surface area (Å²) in [6.07, 6.45) is 1.68. The third-order valence-electron chi connectivity index (χ3n) is 5.12. The zero-order valence-electron chi connectivity index (χ0n) is 14.3. The minimum absolute atomic E-state index is 0.0259. The molecule has 1 amide bonds. The van der Waals surface area contributed by atoms with Gasteiger partial charge in [0.2, 0.25) is 5.91 Å². The van der Waals surface area contributed by atoms with Crippen molar-refractivity contribution in [2.45, 2.75) is 31.6 Å². The Morgan fingerprint density at radius 2 is 1.78 bits per heavy atom. The van der Waals surface area contributed by atoms with Crippen molar-refractivity contribution in [1.82, 2.24) is 0 Å². The molecule has 0 radical (unpaired) electrons. The normalized spacial score (nSPS) is 20.1. The summed E-state index contributed by atoms with van der Waals surface area (Å²) in [7, 11) is 0. The lowest BCUT2D eigenvalue weighted by Crippen LogP contribution is -2.40. The van der Waals surface area contributed by atoms with E-state index in [-0.39, 0.29) is 18.1 Å². The number of nitrogens with zero attached hydrogens (tertiary/aromatic N) is 1. The maximum Gasteiger partial charge on any atom is 0.232 e. The molecule has 1 atom stereocenters. The molecule has 2 aliphatic rings. The van der Waals surface area contributed by atoms with Crippen molar-refractivity contribution >= 4 is 40.6 Å². The molecule has 6 heteroatoms. The molecule has 0 saturated heterocycles. The molecule has 0 fully saturated rings. The number of halogens is 3. The standard InChI is InChI=1S/C21H16Cl2FNO2/c22-15-9-8-12(10-16(15)23)25-18-6-3-7-19(26)21(18)14(11-20(25)27)13-4-1-2-5-17(13)24/h1-2,4-5,8-10,14H,3,6-7,11H2. The van der Waals surface area contributed by atoms with Crippen LogP contribution in [0.4, 0.5) is 10.1 Å². The highest BCUT2D eigenvalue weighted by atomic mass is 35.5. The van der Waals surface area contributed by atoms with Gasteiger partial charge in [-0.3, -0.25) is 14.5 Å². The minimum Gasteiger partial charge on any atom is -0.294 e. The van der Waals surface area contributed by atoms with Crippen LogP contribution in [-0.4, -0.2) is 11.7 Å². The number of rotatable bonds is 2. The van der Waals surface area contributed by atoms with Crippen LogP contribution in [0.15, 0.2) is 53.7 Å². The summed E-state index contributed by atoms with van der Waals surface area (Å²) in [5, 5.41) is 0.727. The largest absolute Gasteiger partial charge is 0.294 e. The van der Waals surface area contributed by atoms with Crippen molar-refractivity contribution in [1.29, 1.82) is 0 Å². The van der Waals surface area contributed by atoms with Crippen LogP contribution < -0.4 is 4.90 Å². The molecule has 0 bridgehead atoms. The van der Waals surface area contributed by atoms with E-state index < -0.39 is 11.7 Å². The first-order valence-electron chi connectivity index (χ1n) is 8.76. The zero-order chi connectivity index (χ0) is 19.1. The molecule has 0 saturated carbocycles. The molecule has 3 nitrogen and oxygen atoms in total. The number of amides is 1. The van der Waals surface area contributed by atoms with Gasteiger partial charge in [0.05, 0.1) is 15.7 Å². The van der Waals surface area contributed by atoms with E-state index in [0.29, 0.717) is 51.8 Å². The second-order valence-corrected chi connectivity index (χ2v) is 7.56. The van der Waals surface area contributed by atoms with E-state index in [4.69, 9.17) is 23.2 Å². The Bertz CT molecular complexity index is 986. The van der Waals surface area contributed by atoms with Gasteiger partial charge in [-0.2, -0.15) is 0 Å². The van der Waals surface area contributed by atoms with Crippen LogP contribution >= 0.6 is 23.2 Å². The lowest BCUT2D eigenvalue weighted by Gasteiger charge is -2.38. The van der Waals surface area contributed by atoms with Crippen LogP contribution in [0, 0.1) is 5.82 Å². The van der Waals surface area contributed by atoms with Crippen LogP contribution in [0.3, 0.4) is 0 Å². The molecule has 1 aliphatic carbocycles. The molecule has 4 rings (SSSR count). The summed E-state index contributed by atoms with van der Waals surface area (Å²) in [5.41, 5.74) is 2.15. The number of Topliss-reactive ketones (excluding diaryl/α,β-unsaturated/α-hetero) is 1. The average molecular weight is 404 g/mol. The van der Waals surface area contributed by atoms with Gasteiger partial charge in [0.1, 0.15) is 5.82 Å². The quantitative estimate of drug-likeness (QED) is 0.648. The van der Waals surface area contributed by atoms with E-state index in [0.717, 1.165) is 0 Å². The van der Waals surface area contributed by atoms with E-state index in [9.17, 15) is 14.0 Å². The summed E-state index contributed by atoms with van der Waals surface area (Å²) in [5.74, 6) is -1.17. The van der Waals surface area contributed by atoms with Crippen molar-refractivity contribution in [3.05, 3.63) is 75.2 Å². The number of carbonyl (C=O) groups excluding carboxylic acids is 2. The second-order valence-electron chi connectivity index (χ2n) is 6.74. The molecular formula is C21H16Cl2FNO2. The van der Waals surface area contributed by atoms with Crippen molar-refractivity contribution in [2.24, 2.45) is 0 Å². The third kappa shape index (κ3) is 3.17. The van der Waals surface area contributed by atoms with E-state index in [1.807, 2.05) is 0 Å². The van der Waals surface area contributed by atoms with Gasteiger partial charge in [0, 0.05) is 30.0 Å². The number of benzene rings is 2. The van der Waals surface area contributed by atoms with Crippen molar-refractivity contribution in [3.63, 3.8) is 0 Å². The van der Waals surface area contributed by atoms with Crippen molar-refractivity contribution < 1.29 is 14.0 Å². The summed E-state index contributed by atoms with van der Waals surface area (Å²) in [6.45, 7) is 0. The molecule has 1 heterocycles. The number of hydrogen-bond acceptors (Lipinski definition) is 2. The summed E-state index contributed by atoms with van der Waals surface area (Å²) in [4.78, 5) is 27.3. The van der Waals surface area contributed by atoms with Gasteiger partial charge in [0.15, 0.2) is 5.78 Å². The Morgan fingerprint density at radius 3 is 2.52 bits per heavy atom. The number of anilines is 1. The highest BCUT2D eigenvalue weighted by molar-refractivity contribution is 6.42. The molecule has 1 unspecified atom stereocenters. The maximum absolute atomic E-state index is 14.4. The Hall–Kier alpha value is -2.17. The summed E-state index contributed by atoms with van der Waals surface area (Å²) < 4.78 is 14.4. The van der Waals surface area contributed by atoms with Gasteiger partial charge >= 0.3 is 0 Å². The van der Waals surface area contributed by atoms with Crippen molar-refractivity contribution in [3.8, 4) is 0 Å². The minimum atomic E-state index is -0.555. The maximum atomic E-state index is 14.4. The predicted molar refractivity (Wildman–Crippen MR) is 104 cm³/mol. The lowest BCUT2D eigenvalue weighted by atomic mass is 9.77. The third-order valence-corrected chi connectivity index (χ3v) is 5.86. The predicted octanol–water partition coefficient (Wildman–Crippen LogP) is 5.66. The van der Waals surface area contributed by atoms with E-state index in [1.54, 1.807) is 41.3 Å². The molecule has 2 aromatic carbocycles.